The van der Waals surface area contributed by atoms with Crippen LogP contribution in [-0.2, 0) is 12.8 Å². The van der Waals surface area contributed by atoms with Crippen molar-refractivity contribution in [3.05, 3.63) is 94.5 Å². The Bertz CT molecular complexity index is 1730. The Balaban J connectivity index is 1.53. The average molecular weight is 453 g/mol. The maximum absolute atomic E-state index is 13.5. The van der Waals surface area contributed by atoms with Gasteiger partial charge >= 0.3 is 0 Å². The monoisotopic (exact) mass is 452 g/mol. The molecule has 7 nitrogen and oxygen atoms in total. The number of hydrogen-bond donors (Lipinski definition) is 0. The van der Waals surface area contributed by atoms with Crippen LogP contribution in [0.3, 0.4) is 0 Å². The second-order valence-electron chi connectivity index (χ2n) is 7.93. The Hall–Kier alpha value is -3.91. The Morgan fingerprint density at radius 2 is 1.61 bits per heavy atom. The standard InChI is InChI=1S/C25H20N6OS/c1-16-9-3-6-12-19(16)30-23(32)17-10-4-7-13-20(17)31-24(30)27-28-25(31)33-15-22-26-18-11-5-8-14-21(18)29(22)2/h3-14H,15H2,1-2H3. The summed E-state index contributed by atoms with van der Waals surface area (Å²) < 4.78 is 5.73. The minimum Gasteiger partial charge on any atom is -0.330 e. The second-order valence-corrected chi connectivity index (χ2v) is 8.87. The summed E-state index contributed by atoms with van der Waals surface area (Å²) in [5.41, 5.74) is 4.55. The van der Waals surface area contributed by atoms with Crippen LogP contribution in [0.25, 0.3) is 33.4 Å². The molecule has 3 aromatic carbocycles. The highest BCUT2D eigenvalue weighted by molar-refractivity contribution is 7.98. The van der Waals surface area contributed by atoms with Crippen LogP contribution in [0.15, 0.2) is 82.7 Å². The second kappa shape index (κ2) is 7.60. The Morgan fingerprint density at radius 3 is 2.42 bits per heavy atom. The summed E-state index contributed by atoms with van der Waals surface area (Å²) in [4.78, 5) is 18.3. The molecule has 0 fully saturated rings. The third kappa shape index (κ3) is 3.06. The predicted molar refractivity (Wildman–Crippen MR) is 131 cm³/mol. The first kappa shape index (κ1) is 19.8. The highest BCUT2D eigenvalue weighted by atomic mass is 32.2. The van der Waals surface area contributed by atoms with Crippen LogP contribution in [0.4, 0.5) is 0 Å². The van der Waals surface area contributed by atoms with Gasteiger partial charge in [-0.1, -0.05) is 54.2 Å². The van der Waals surface area contributed by atoms with Crippen LogP contribution in [0.1, 0.15) is 11.4 Å². The van der Waals surface area contributed by atoms with Crippen molar-refractivity contribution in [3.8, 4) is 5.69 Å². The van der Waals surface area contributed by atoms with Crippen molar-refractivity contribution in [2.75, 3.05) is 0 Å². The summed E-state index contributed by atoms with van der Waals surface area (Å²) in [6.45, 7) is 1.99. The largest absolute Gasteiger partial charge is 0.330 e. The number of benzene rings is 3. The van der Waals surface area contributed by atoms with Gasteiger partial charge in [0.2, 0.25) is 5.78 Å². The zero-order valence-electron chi connectivity index (χ0n) is 18.1. The van der Waals surface area contributed by atoms with Crippen LogP contribution in [0, 0.1) is 6.92 Å². The van der Waals surface area contributed by atoms with Crippen molar-refractivity contribution in [1.29, 1.82) is 0 Å². The van der Waals surface area contributed by atoms with E-state index in [2.05, 4.69) is 20.8 Å². The lowest BCUT2D eigenvalue weighted by atomic mass is 10.2. The molecule has 6 aromatic rings. The molecule has 3 heterocycles. The summed E-state index contributed by atoms with van der Waals surface area (Å²) in [5, 5.41) is 10.3. The molecule has 33 heavy (non-hydrogen) atoms. The fourth-order valence-corrected chi connectivity index (χ4v) is 5.18. The minimum absolute atomic E-state index is 0.105. The zero-order valence-corrected chi connectivity index (χ0v) is 19.0. The summed E-state index contributed by atoms with van der Waals surface area (Å²) in [6, 6.07) is 23.5. The molecule has 0 aliphatic rings. The molecular weight excluding hydrogens is 432 g/mol. The SMILES string of the molecule is Cc1ccccc1-n1c(=O)c2ccccc2n2c(SCc3nc4ccccc4n3C)nnc12. The van der Waals surface area contributed by atoms with Crippen molar-refractivity contribution in [1.82, 2.24) is 28.7 Å². The molecule has 162 valence electrons. The molecule has 0 amide bonds. The molecule has 6 rings (SSSR count). The minimum atomic E-state index is -0.105. The van der Waals surface area contributed by atoms with Gasteiger partial charge in [0.15, 0.2) is 5.16 Å². The zero-order chi connectivity index (χ0) is 22.5. The van der Waals surface area contributed by atoms with E-state index in [4.69, 9.17) is 4.98 Å². The molecule has 0 saturated carbocycles. The van der Waals surface area contributed by atoms with Crippen molar-refractivity contribution >= 4 is 39.5 Å². The lowest BCUT2D eigenvalue weighted by Crippen LogP contribution is -2.22. The van der Waals surface area contributed by atoms with Gasteiger partial charge in [-0.05, 0) is 42.8 Å². The van der Waals surface area contributed by atoms with E-state index in [1.807, 2.05) is 85.1 Å². The first-order chi connectivity index (χ1) is 16.1. The normalized spacial score (nSPS) is 11.7. The molecular formula is C25H20N6OS. The topological polar surface area (TPSA) is 70.0 Å². The molecule has 0 aliphatic carbocycles. The summed E-state index contributed by atoms with van der Waals surface area (Å²) >= 11 is 1.56. The molecule has 0 aliphatic heterocycles. The van der Waals surface area contributed by atoms with Crippen LogP contribution in [-0.4, -0.2) is 28.7 Å². The Labute approximate surface area is 193 Å². The van der Waals surface area contributed by atoms with Gasteiger partial charge in [-0.3, -0.25) is 9.20 Å². The fraction of sp³-hybridized carbons (Fsp3) is 0.120. The van der Waals surface area contributed by atoms with Gasteiger partial charge < -0.3 is 4.57 Å². The highest BCUT2D eigenvalue weighted by Crippen LogP contribution is 2.27. The van der Waals surface area contributed by atoms with Crippen LogP contribution >= 0.6 is 11.8 Å². The molecule has 0 radical (unpaired) electrons. The molecule has 0 bridgehead atoms. The van der Waals surface area contributed by atoms with E-state index >= 15 is 0 Å². The van der Waals surface area contributed by atoms with Crippen LogP contribution in [0.5, 0.6) is 0 Å². The van der Waals surface area contributed by atoms with Crippen molar-refractivity contribution in [2.24, 2.45) is 7.05 Å². The van der Waals surface area contributed by atoms with E-state index in [0.29, 0.717) is 16.9 Å². The number of aromatic nitrogens is 6. The molecule has 8 heteroatoms. The average Bonchev–Trinajstić information content (AvgIpc) is 3.40. The molecule has 0 atom stereocenters. The van der Waals surface area contributed by atoms with E-state index in [1.54, 1.807) is 16.3 Å². The van der Waals surface area contributed by atoms with E-state index < -0.39 is 0 Å². The van der Waals surface area contributed by atoms with E-state index in [9.17, 15) is 4.79 Å². The Morgan fingerprint density at radius 1 is 0.879 bits per heavy atom. The van der Waals surface area contributed by atoms with Gasteiger partial charge in [0.05, 0.1) is 33.4 Å². The first-order valence-electron chi connectivity index (χ1n) is 10.6. The number of imidazole rings is 1. The Kier molecular flexibility index (Phi) is 4.55. The van der Waals surface area contributed by atoms with Crippen molar-refractivity contribution < 1.29 is 0 Å². The third-order valence-corrected chi connectivity index (χ3v) is 6.89. The number of fused-ring (bicyclic) bond motifs is 4. The van der Waals surface area contributed by atoms with Gasteiger partial charge in [-0.15, -0.1) is 10.2 Å². The third-order valence-electron chi connectivity index (χ3n) is 5.96. The fourth-order valence-electron chi connectivity index (χ4n) is 4.26. The van der Waals surface area contributed by atoms with Gasteiger partial charge in [0, 0.05) is 7.05 Å². The smallest absolute Gasteiger partial charge is 0.267 e. The molecule has 0 saturated heterocycles. The molecule has 3 aromatic heterocycles. The van der Waals surface area contributed by atoms with E-state index in [-0.39, 0.29) is 5.56 Å². The van der Waals surface area contributed by atoms with Gasteiger partial charge in [0.25, 0.3) is 5.56 Å². The summed E-state index contributed by atoms with van der Waals surface area (Å²) in [7, 11) is 2.03. The first-order valence-corrected chi connectivity index (χ1v) is 11.6. The molecule has 0 spiro atoms. The number of para-hydroxylation sites is 4. The maximum Gasteiger partial charge on any atom is 0.267 e. The summed E-state index contributed by atoms with van der Waals surface area (Å²) in [5.74, 6) is 2.08. The van der Waals surface area contributed by atoms with E-state index in [0.717, 1.165) is 38.8 Å². The number of hydrogen-bond acceptors (Lipinski definition) is 5. The van der Waals surface area contributed by atoms with Crippen LogP contribution < -0.4 is 5.56 Å². The lowest BCUT2D eigenvalue weighted by molar-refractivity contribution is 0.870. The molecule has 0 N–H and O–H groups in total. The quantitative estimate of drug-likeness (QED) is 0.368. The molecule has 0 unspecified atom stereocenters. The van der Waals surface area contributed by atoms with E-state index in [1.165, 1.54) is 0 Å². The van der Waals surface area contributed by atoms with Gasteiger partial charge in [-0.25, -0.2) is 9.55 Å². The maximum atomic E-state index is 13.5. The highest BCUT2D eigenvalue weighted by Gasteiger charge is 2.19. The van der Waals surface area contributed by atoms with Crippen molar-refractivity contribution in [3.63, 3.8) is 0 Å². The number of rotatable bonds is 4. The predicted octanol–water partition coefficient (Wildman–Crippen LogP) is 4.52. The number of aryl methyl sites for hydroxylation is 2. The van der Waals surface area contributed by atoms with Crippen molar-refractivity contribution in [2.45, 2.75) is 17.8 Å². The summed E-state index contributed by atoms with van der Waals surface area (Å²) in [6.07, 6.45) is 0. The number of thioether (sulfide) groups is 1. The van der Waals surface area contributed by atoms with Crippen LogP contribution in [0.2, 0.25) is 0 Å². The van der Waals surface area contributed by atoms with Gasteiger partial charge in [0.1, 0.15) is 5.82 Å². The van der Waals surface area contributed by atoms with Gasteiger partial charge in [-0.2, -0.15) is 0 Å². The lowest BCUT2D eigenvalue weighted by Gasteiger charge is -2.13. The number of nitrogens with zero attached hydrogens (tertiary/aromatic N) is 6.